The number of anilines is 1. The summed E-state index contributed by atoms with van der Waals surface area (Å²) < 4.78 is 0.263. The molecular weight excluding hydrogens is 258 g/mol. The minimum atomic E-state index is -0.0802. The lowest BCUT2D eigenvalue weighted by Crippen LogP contribution is -2.45. The second kappa shape index (κ2) is 6.28. The second-order valence-corrected chi connectivity index (χ2v) is 6.16. The first-order valence-corrected chi connectivity index (χ1v) is 7.95. The van der Waals surface area contributed by atoms with Gasteiger partial charge in [-0.05, 0) is 38.2 Å². The van der Waals surface area contributed by atoms with Crippen molar-refractivity contribution in [1.29, 1.82) is 0 Å². The van der Waals surface area contributed by atoms with E-state index in [0.29, 0.717) is 5.69 Å². The Bertz CT molecular complexity index is 423. The topological polar surface area (TPSA) is 54.0 Å². The zero-order valence-electron chi connectivity index (χ0n) is 11.5. The summed E-state index contributed by atoms with van der Waals surface area (Å²) in [6.07, 6.45) is 7.48. The van der Waals surface area contributed by atoms with Gasteiger partial charge in [0, 0.05) is 17.8 Å². The Morgan fingerprint density at radius 2 is 2.26 bits per heavy atom. The average molecular weight is 279 g/mol. The molecule has 2 rings (SSSR count). The Kier molecular flexibility index (Phi) is 4.69. The standard InChI is InChI=1S/C14H21N3OS/c1-3-15-11-5-6-12(16-9-11)13(18)17-10-14(19-2)7-4-8-14/h5-6,9,15H,3-4,7-8,10H2,1-2H3,(H,17,18). The molecule has 0 unspecified atom stereocenters. The molecule has 1 aromatic rings. The van der Waals surface area contributed by atoms with E-state index in [-0.39, 0.29) is 10.7 Å². The summed E-state index contributed by atoms with van der Waals surface area (Å²) in [6.45, 7) is 3.62. The molecule has 1 heterocycles. The maximum atomic E-state index is 12.0. The number of thioether (sulfide) groups is 1. The normalized spacial score (nSPS) is 16.5. The van der Waals surface area contributed by atoms with Gasteiger partial charge in [-0.1, -0.05) is 6.42 Å². The lowest BCUT2D eigenvalue weighted by Gasteiger charge is -2.40. The first-order chi connectivity index (χ1) is 9.19. The molecule has 1 amide bonds. The number of carbonyl (C=O) groups is 1. The average Bonchev–Trinajstić information content (AvgIpc) is 2.39. The lowest BCUT2D eigenvalue weighted by molar-refractivity contribution is 0.0939. The smallest absolute Gasteiger partial charge is 0.269 e. The highest BCUT2D eigenvalue weighted by Crippen LogP contribution is 2.42. The molecule has 104 valence electrons. The number of carbonyl (C=O) groups excluding carboxylic acids is 1. The van der Waals surface area contributed by atoms with Crippen LogP contribution in [-0.4, -0.2) is 35.0 Å². The van der Waals surface area contributed by atoms with Crippen LogP contribution in [0.5, 0.6) is 0 Å². The molecule has 4 nitrogen and oxygen atoms in total. The van der Waals surface area contributed by atoms with Crippen LogP contribution in [0.15, 0.2) is 18.3 Å². The molecular formula is C14H21N3OS. The molecule has 0 aliphatic heterocycles. The molecule has 2 N–H and O–H groups in total. The largest absolute Gasteiger partial charge is 0.384 e. The van der Waals surface area contributed by atoms with E-state index >= 15 is 0 Å². The van der Waals surface area contributed by atoms with E-state index in [1.807, 2.05) is 24.8 Å². The molecule has 1 aliphatic carbocycles. The predicted octanol–water partition coefficient (Wildman–Crippen LogP) is 2.53. The van der Waals surface area contributed by atoms with Crippen molar-refractivity contribution >= 4 is 23.4 Å². The van der Waals surface area contributed by atoms with Crippen molar-refractivity contribution in [3.05, 3.63) is 24.0 Å². The van der Waals surface area contributed by atoms with Gasteiger partial charge in [-0.3, -0.25) is 4.79 Å². The Morgan fingerprint density at radius 3 is 2.74 bits per heavy atom. The van der Waals surface area contributed by atoms with Gasteiger partial charge in [0.2, 0.25) is 0 Å². The first kappa shape index (κ1) is 14.2. The minimum absolute atomic E-state index is 0.0802. The highest BCUT2D eigenvalue weighted by atomic mass is 32.2. The third-order valence-corrected chi connectivity index (χ3v) is 5.06. The third-order valence-electron chi connectivity index (χ3n) is 3.65. The Hall–Kier alpha value is -1.23. The molecule has 1 aromatic heterocycles. The van der Waals surface area contributed by atoms with Crippen molar-refractivity contribution in [3.8, 4) is 0 Å². The van der Waals surface area contributed by atoms with Crippen LogP contribution in [0.1, 0.15) is 36.7 Å². The van der Waals surface area contributed by atoms with Crippen LogP contribution in [0.2, 0.25) is 0 Å². The number of rotatable bonds is 6. The zero-order valence-corrected chi connectivity index (χ0v) is 12.3. The molecule has 19 heavy (non-hydrogen) atoms. The Balaban J connectivity index is 1.89. The van der Waals surface area contributed by atoms with Crippen molar-refractivity contribution in [2.24, 2.45) is 0 Å². The van der Waals surface area contributed by atoms with Gasteiger partial charge in [-0.2, -0.15) is 11.8 Å². The number of nitrogens with one attached hydrogen (secondary N) is 2. The van der Waals surface area contributed by atoms with Gasteiger partial charge in [-0.25, -0.2) is 4.98 Å². The summed E-state index contributed by atoms with van der Waals surface area (Å²) in [4.78, 5) is 16.2. The SMILES string of the molecule is CCNc1ccc(C(=O)NCC2(SC)CCC2)nc1. The molecule has 0 atom stereocenters. The molecule has 5 heteroatoms. The number of pyridine rings is 1. The summed E-state index contributed by atoms with van der Waals surface area (Å²) in [5.74, 6) is -0.0802. The number of hydrogen-bond donors (Lipinski definition) is 2. The van der Waals surface area contributed by atoms with Crippen molar-refractivity contribution in [2.45, 2.75) is 30.9 Å². The van der Waals surface area contributed by atoms with Gasteiger partial charge in [0.05, 0.1) is 11.9 Å². The van der Waals surface area contributed by atoms with Crippen LogP contribution in [-0.2, 0) is 0 Å². The summed E-state index contributed by atoms with van der Waals surface area (Å²) in [5, 5.41) is 6.16. The quantitative estimate of drug-likeness (QED) is 0.840. The van der Waals surface area contributed by atoms with Crippen molar-refractivity contribution in [2.75, 3.05) is 24.7 Å². The summed E-state index contributed by atoms with van der Waals surface area (Å²) in [6, 6.07) is 3.65. The summed E-state index contributed by atoms with van der Waals surface area (Å²) in [7, 11) is 0. The number of aromatic nitrogens is 1. The van der Waals surface area contributed by atoms with Gasteiger partial charge >= 0.3 is 0 Å². The second-order valence-electron chi connectivity index (χ2n) is 4.89. The van der Waals surface area contributed by atoms with Crippen LogP contribution in [0.3, 0.4) is 0 Å². The minimum Gasteiger partial charge on any atom is -0.384 e. The maximum absolute atomic E-state index is 12.0. The van der Waals surface area contributed by atoms with E-state index in [1.165, 1.54) is 19.3 Å². The molecule has 1 fully saturated rings. The van der Waals surface area contributed by atoms with E-state index in [2.05, 4.69) is 21.9 Å². The van der Waals surface area contributed by atoms with E-state index in [0.717, 1.165) is 18.8 Å². The molecule has 1 aliphatic rings. The number of amides is 1. The lowest BCUT2D eigenvalue weighted by atomic mass is 9.84. The van der Waals surface area contributed by atoms with E-state index < -0.39 is 0 Å². The van der Waals surface area contributed by atoms with Crippen LogP contribution in [0.4, 0.5) is 5.69 Å². The zero-order chi connectivity index (χ0) is 13.7. The highest BCUT2D eigenvalue weighted by Gasteiger charge is 2.36. The van der Waals surface area contributed by atoms with E-state index in [9.17, 15) is 4.79 Å². The van der Waals surface area contributed by atoms with E-state index in [1.54, 1.807) is 12.3 Å². The fraction of sp³-hybridized carbons (Fsp3) is 0.571. The van der Waals surface area contributed by atoms with Crippen LogP contribution in [0, 0.1) is 0 Å². The van der Waals surface area contributed by atoms with Gasteiger partial charge in [-0.15, -0.1) is 0 Å². The van der Waals surface area contributed by atoms with Gasteiger partial charge < -0.3 is 10.6 Å². The molecule has 0 spiro atoms. The molecule has 0 bridgehead atoms. The maximum Gasteiger partial charge on any atom is 0.269 e. The molecule has 0 saturated heterocycles. The van der Waals surface area contributed by atoms with Crippen molar-refractivity contribution in [1.82, 2.24) is 10.3 Å². The first-order valence-electron chi connectivity index (χ1n) is 6.72. The molecule has 0 aromatic carbocycles. The number of hydrogen-bond acceptors (Lipinski definition) is 4. The highest BCUT2D eigenvalue weighted by molar-refractivity contribution is 8.00. The Morgan fingerprint density at radius 1 is 1.47 bits per heavy atom. The summed E-state index contributed by atoms with van der Waals surface area (Å²) >= 11 is 1.86. The van der Waals surface area contributed by atoms with Crippen LogP contribution in [0.25, 0.3) is 0 Å². The van der Waals surface area contributed by atoms with E-state index in [4.69, 9.17) is 0 Å². The molecule has 1 saturated carbocycles. The summed E-state index contributed by atoms with van der Waals surface area (Å²) in [5.41, 5.74) is 1.43. The van der Waals surface area contributed by atoms with Gasteiger partial charge in [0.25, 0.3) is 5.91 Å². The number of nitrogens with zero attached hydrogens (tertiary/aromatic N) is 1. The van der Waals surface area contributed by atoms with Crippen molar-refractivity contribution in [3.63, 3.8) is 0 Å². The van der Waals surface area contributed by atoms with Gasteiger partial charge in [0.1, 0.15) is 5.69 Å². The monoisotopic (exact) mass is 279 g/mol. The fourth-order valence-corrected chi connectivity index (χ4v) is 3.11. The molecule has 0 radical (unpaired) electrons. The third kappa shape index (κ3) is 3.41. The van der Waals surface area contributed by atoms with Gasteiger partial charge in [0.15, 0.2) is 0 Å². The van der Waals surface area contributed by atoms with Crippen molar-refractivity contribution < 1.29 is 4.79 Å². The Labute approximate surface area is 118 Å². The fourth-order valence-electron chi connectivity index (χ4n) is 2.19. The van der Waals surface area contributed by atoms with Crippen LogP contribution >= 0.6 is 11.8 Å². The van der Waals surface area contributed by atoms with Crippen LogP contribution < -0.4 is 10.6 Å². The predicted molar refractivity (Wildman–Crippen MR) is 80.8 cm³/mol.